The maximum Gasteiger partial charge on any atom is 0.408 e. The summed E-state index contributed by atoms with van der Waals surface area (Å²) in [5, 5.41) is 2.77. The molecule has 1 atom stereocenters. The van der Waals surface area contributed by atoms with E-state index in [1.807, 2.05) is 42.5 Å². The Hall–Kier alpha value is -2.54. The smallest absolute Gasteiger partial charge is 0.408 e. The van der Waals surface area contributed by atoms with Crippen LogP contribution < -0.4 is 10.1 Å². The molecule has 7 heteroatoms. The van der Waals surface area contributed by atoms with Gasteiger partial charge >= 0.3 is 12.1 Å². The number of esters is 1. The molecule has 6 nitrogen and oxygen atoms in total. The molecule has 0 aliphatic carbocycles. The number of carbonyl (C=O) groups is 2. The number of rotatable bonds is 8. The van der Waals surface area contributed by atoms with Crippen LogP contribution in [0.25, 0.3) is 0 Å². The predicted octanol–water partition coefficient (Wildman–Crippen LogP) is 5.55. The number of halogens is 1. The van der Waals surface area contributed by atoms with Crippen LogP contribution >= 0.6 is 15.9 Å². The molecule has 1 unspecified atom stereocenters. The van der Waals surface area contributed by atoms with Gasteiger partial charge in [-0.1, -0.05) is 46.3 Å². The zero-order valence-corrected chi connectivity index (χ0v) is 19.3. The summed E-state index contributed by atoms with van der Waals surface area (Å²) in [4.78, 5) is 24.5. The summed E-state index contributed by atoms with van der Waals surface area (Å²) in [6, 6.07) is 14.6. The topological polar surface area (TPSA) is 73.9 Å². The Morgan fingerprint density at radius 3 is 2.43 bits per heavy atom. The van der Waals surface area contributed by atoms with E-state index in [1.165, 1.54) is 0 Å². The second kappa shape index (κ2) is 11.0. The van der Waals surface area contributed by atoms with Crippen molar-refractivity contribution in [3.8, 4) is 5.75 Å². The van der Waals surface area contributed by atoms with E-state index in [-0.39, 0.29) is 13.0 Å². The number of benzene rings is 2. The molecule has 1 amide bonds. The number of ether oxygens (including phenoxy) is 3. The Labute approximate surface area is 186 Å². The van der Waals surface area contributed by atoms with Gasteiger partial charge in [-0.3, -0.25) is 4.79 Å². The highest BCUT2D eigenvalue weighted by atomic mass is 79.9. The molecule has 0 saturated carbocycles. The third kappa shape index (κ3) is 8.45. The molecule has 2 aromatic carbocycles. The van der Waals surface area contributed by atoms with E-state index in [0.29, 0.717) is 17.9 Å². The van der Waals surface area contributed by atoms with Crippen molar-refractivity contribution >= 4 is 28.0 Å². The molecular weight excluding hydrogens is 450 g/mol. The van der Waals surface area contributed by atoms with Crippen LogP contribution in [0.15, 0.2) is 53.0 Å². The van der Waals surface area contributed by atoms with Gasteiger partial charge in [-0.25, -0.2) is 4.79 Å². The molecule has 0 heterocycles. The lowest BCUT2D eigenvalue weighted by Gasteiger charge is -2.24. The van der Waals surface area contributed by atoms with E-state index in [1.54, 1.807) is 33.8 Å². The van der Waals surface area contributed by atoms with E-state index in [9.17, 15) is 9.59 Å². The fourth-order valence-corrected chi connectivity index (χ4v) is 3.19. The number of hydrogen-bond donors (Lipinski definition) is 1. The Bertz CT molecular complexity index is 848. The molecule has 30 heavy (non-hydrogen) atoms. The van der Waals surface area contributed by atoms with E-state index in [0.717, 1.165) is 10.0 Å². The van der Waals surface area contributed by atoms with Gasteiger partial charge in [0.05, 0.1) is 19.1 Å². The Morgan fingerprint density at radius 2 is 1.80 bits per heavy atom. The predicted molar refractivity (Wildman–Crippen MR) is 118 cm³/mol. The molecule has 0 aliphatic rings. The first-order chi connectivity index (χ1) is 14.2. The summed E-state index contributed by atoms with van der Waals surface area (Å²) < 4.78 is 17.1. The fourth-order valence-electron chi connectivity index (χ4n) is 2.70. The van der Waals surface area contributed by atoms with Crippen LogP contribution in [0.3, 0.4) is 0 Å². The number of amides is 1. The molecule has 0 aromatic heterocycles. The van der Waals surface area contributed by atoms with Crippen molar-refractivity contribution in [2.75, 3.05) is 6.61 Å². The zero-order valence-electron chi connectivity index (χ0n) is 17.7. The van der Waals surface area contributed by atoms with E-state index < -0.39 is 23.7 Å². The van der Waals surface area contributed by atoms with Crippen molar-refractivity contribution in [2.24, 2.45) is 0 Å². The molecule has 0 saturated heterocycles. The van der Waals surface area contributed by atoms with E-state index >= 15 is 0 Å². The molecule has 2 rings (SSSR count). The number of nitrogens with one attached hydrogen (secondary N) is 1. The SMILES string of the molecule is CCOC(=O)CC(NC(=O)OC(C)(C)C)c1cc(Br)cc(OCc2ccccc2)c1. The maximum atomic E-state index is 12.3. The molecule has 162 valence electrons. The first-order valence-electron chi connectivity index (χ1n) is 9.78. The standard InChI is InChI=1S/C23H28BrNO5/c1-5-28-21(26)14-20(25-22(27)30-23(2,3)4)17-11-18(24)13-19(12-17)29-15-16-9-7-6-8-10-16/h6-13,20H,5,14-15H2,1-4H3,(H,25,27). The normalized spacial score (nSPS) is 12.0. The summed E-state index contributed by atoms with van der Waals surface area (Å²) >= 11 is 3.48. The van der Waals surface area contributed by atoms with Gasteiger partial charge in [0.15, 0.2) is 0 Å². The summed E-state index contributed by atoms with van der Waals surface area (Å²) in [6.07, 6.45) is -0.634. The number of alkyl carbamates (subject to hydrolysis) is 1. The van der Waals surface area contributed by atoms with Crippen molar-refractivity contribution in [3.63, 3.8) is 0 Å². The van der Waals surface area contributed by atoms with Gasteiger partial charge in [0, 0.05) is 4.47 Å². The van der Waals surface area contributed by atoms with Gasteiger partial charge in [-0.05, 0) is 57.0 Å². The lowest BCUT2D eigenvalue weighted by atomic mass is 10.0. The number of hydrogen-bond acceptors (Lipinski definition) is 5. The monoisotopic (exact) mass is 477 g/mol. The third-order valence-electron chi connectivity index (χ3n) is 3.91. The van der Waals surface area contributed by atoms with Crippen molar-refractivity contribution in [3.05, 3.63) is 64.1 Å². The minimum absolute atomic E-state index is 0.0261. The molecule has 2 aromatic rings. The first kappa shape index (κ1) is 23.7. The van der Waals surface area contributed by atoms with Crippen molar-refractivity contribution in [1.29, 1.82) is 0 Å². The first-order valence-corrected chi connectivity index (χ1v) is 10.6. The summed E-state index contributed by atoms with van der Waals surface area (Å²) in [5.41, 5.74) is 1.08. The van der Waals surface area contributed by atoms with Crippen LogP contribution in [0.2, 0.25) is 0 Å². The van der Waals surface area contributed by atoms with E-state index in [4.69, 9.17) is 14.2 Å². The quantitative estimate of drug-likeness (QED) is 0.504. The molecule has 0 aliphatic heterocycles. The second-order valence-electron chi connectivity index (χ2n) is 7.70. The van der Waals surface area contributed by atoms with Gasteiger partial charge < -0.3 is 19.5 Å². The molecule has 1 N–H and O–H groups in total. The van der Waals surface area contributed by atoms with Crippen molar-refractivity contribution in [2.45, 2.75) is 52.4 Å². The average Bonchev–Trinajstić information content (AvgIpc) is 2.65. The highest BCUT2D eigenvalue weighted by Gasteiger charge is 2.24. The largest absolute Gasteiger partial charge is 0.489 e. The molecular formula is C23H28BrNO5. The summed E-state index contributed by atoms with van der Waals surface area (Å²) in [7, 11) is 0. The lowest BCUT2D eigenvalue weighted by Crippen LogP contribution is -2.36. The van der Waals surface area contributed by atoms with Crippen LogP contribution in [0.5, 0.6) is 5.75 Å². The highest BCUT2D eigenvalue weighted by Crippen LogP contribution is 2.28. The van der Waals surface area contributed by atoms with Gasteiger partial charge in [-0.15, -0.1) is 0 Å². The lowest BCUT2D eigenvalue weighted by molar-refractivity contribution is -0.143. The number of carbonyl (C=O) groups excluding carboxylic acids is 2. The molecule has 0 fully saturated rings. The second-order valence-corrected chi connectivity index (χ2v) is 8.62. The van der Waals surface area contributed by atoms with Gasteiger partial charge in [0.2, 0.25) is 0 Å². The maximum absolute atomic E-state index is 12.3. The zero-order chi connectivity index (χ0) is 22.1. The Balaban J connectivity index is 2.21. The Kier molecular flexibility index (Phi) is 8.72. The minimum atomic E-state index is -0.653. The van der Waals surface area contributed by atoms with Gasteiger partial charge in [-0.2, -0.15) is 0 Å². The van der Waals surface area contributed by atoms with Crippen LogP contribution in [0.4, 0.5) is 4.79 Å². The minimum Gasteiger partial charge on any atom is -0.489 e. The van der Waals surface area contributed by atoms with Crippen molar-refractivity contribution in [1.82, 2.24) is 5.32 Å². The highest BCUT2D eigenvalue weighted by molar-refractivity contribution is 9.10. The average molecular weight is 478 g/mol. The molecule has 0 spiro atoms. The Morgan fingerprint density at radius 1 is 1.10 bits per heavy atom. The van der Waals surface area contributed by atoms with Crippen molar-refractivity contribution < 1.29 is 23.8 Å². The van der Waals surface area contributed by atoms with Gasteiger partial charge in [0.25, 0.3) is 0 Å². The summed E-state index contributed by atoms with van der Waals surface area (Å²) in [5.74, 6) is 0.202. The van der Waals surface area contributed by atoms with Crippen LogP contribution in [0, 0.1) is 0 Å². The van der Waals surface area contributed by atoms with Crippen LogP contribution in [-0.2, 0) is 20.9 Å². The third-order valence-corrected chi connectivity index (χ3v) is 4.37. The molecule has 0 radical (unpaired) electrons. The van der Waals surface area contributed by atoms with Crippen LogP contribution in [0.1, 0.15) is 51.3 Å². The van der Waals surface area contributed by atoms with E-state index in [2.05, 4.69) is 21.2 Å². The van der Waals surface area contributed by atoms with Gasteiger partial charge in [0.1, 0.15) is 18.0 Å². The van der Waals surface area contributed by atoms with Crippen LogP contribution in [-0.4, -0.2) is 24.3 Å². The fraction of sp³-hybridized carbons (Fsp3) is 0.391. The molecule has 0 bridgehead atoms. The summed E-state index contributed by atoms with van der Waals surface area (Å²) in [6.45, 7) is 7.74.